The fourth-order valence-electron chi connectivity index (χ4n) is 7.69. The Balaban J connectivity index is 1.61. The Morgan fingerprint density at radius 1 is 1.00 bits per heavy atom. The van der Waals surface area contributed by atoms with Crippen LogP contribution in [0.3, 0.4) is 0 Å². The van der Waals surface area contributed by atoms with Gasteiger partial charge >= 0.3 is 0 Å². The minimum atomic E-state index is -0.867. The molecule has 1 N–H and O–H groups in total. The average molecular weight is 331 g/mol. The number of terminal acetylenes is 1. The summed E-state index contributed by atoms with van der Waals surface area (Å²) in [4.78, 5) is 0. The highest BCUT2D eigenvalue weighted by Gasteiger charge is 2.64. The molecule has 0 aliphatic heterocycles. The van der Waals surface area contributed by atoms with Crippen molar-refractivity contribution in [1.29, 1.82) is 0 Å². The molecule has 8 atom stereocenters. The van der Waals surface area contributed by atoms with Crippen LogP contribution >= 0.6 is 0 Å². The van der Waals surface area contributed by atoms with Crippen LogP contribution in [0.1, 0.15) is 71.6 Å². The molecule has 134 valence electrons. The topological polar surface area (TPSA) is 29.5 Å². The second-order valence-electron chi connectivity index (χ2n) is 9.79. The van der Waals surface area contributed by atoms with E-state index in [0.717, 1.165) is 37.0 Å². The molecule has 0 heterocycles. The van der Waals surface area contributed by atoms with E-state index >= 15 is 0 Å². The molecule has 4 fully saturated rings. The molecular weight excluding hydrogens is 296 g/mol. The van der Waals surface area contributed by atoms with Gasteiger partial charge in [-0.3, -0.25) is 0 Å². The van der Waals surface area contributed by atoms with Crippen LogP contribution in [-0.4, -0.2) is 23.9 Å². The van der Waals surface area contributed by atoms with E-state index in [9.17, 15) is 5.11 Å². The molecule has 4 aliphatic carbocycles. The molecule has 3 unspecified atom stereocenters. The lowest BCUT2D eigenvalue weighted by Gasteiger charge is -2.61. The molecule has 0 aromatic rings. The summed E-state index contributed by atoms with van der Waals surface area (Å²) in [5.41, 5.74) is -0.444. The van der Waals surface area contributed by atoms with Gasteiger partial charge in [0.1, 0.15) is 5.60 Å². The second kappa shape index (κ2) is 5.49. The zero-order chi connectivity index (χ0) is 17.2. The van der Waals surface area contributed by atoms with Crippen molar-refractivity contribution < 1.29 is 9.84 Å². The first-order valence-corrected chi connectivity index (χ1v) is 10.1. The zero-order valence-corrected chi connectivity index (χ0v) is 15.7. The smallest absolute Gasteiger partial charge is 0.130 e. The number of fused-ring (bicyclic) bond motifs is 5. The Bertz CT molecular complexity index is 551. The average Bonchev–Trinajstić information content (AvgIpc) is 2.86. The number of rotatable bonds is 1. The fourth-order valence-corrected chi connectivity index (χ4v) is 7.69. The Morgan fingerprint density at radius 3 is 2.46 bits per heavy atom. The molecule has 0 bridgehead atoms. The number of methoxy groups -OCH3 is 1. The Labute approximate surface area is 147 Å². The SMILES string of the molecule is C#C[C@]1(O)CCC2C3CC[C@H]4C[C@H](OC)CC[C@]4(C)C3CC[C@@]21C. The third kappa shape index (κ3) is 2.04. The maximum atomic E-state index is 11.1. The molecule has 0 aromatic carbocycles. The minimum absolute atomic E-state index is 0.0597. The monoisotopic (exact) mass is 330 g/mol. The molecule has 0 amide bonds. The molecule has 24 heavy (non-hydrogen) atoms. The second-order valence-corrected chi connectivity index (χ2v) is 9.79. The van der Waals surface area contributed by atoms with E-state index < -0.39 is 5.60 Å². The Hall–Kier alpha value is -0.520. The van der Waals surface area contributed by atoms with Crippen LogP contribution in [0.4, 0.5) is 0 Å². The maximum Gasteiger partial charge on any atom is 0.130 e. The minimum Gasteiger partial charge on any atom is -0.381 e. The van der Waals surface area contributed by atoms with Crippen molar-refractivity contribution in [3.8, 4) is 12.3 Å². The lowest BCUT2D eigenvalue weighted by molar-refractivity contribution is -0.147. The molecule has 2 nitrogen and oxygen atoms in total. The van der Waals surface area contributed by atoms with Crippen LogP contribution in [0, 0.1) is 46.8 Å². The van der Waals surface area contributed by atoms with Gasteiger partial charge in [-0.2, -0.15) is 0 Å². The van der Waals surface area contributed by atoms with Crippen LogP contribution in [-0.2, 0) is 4.74 Å². The molecule has 0 aromatic heterocycles. The van der Waals surface area contributed by atoms with Gasteiger partial charge in [0.2, 0.25) is 0 Å². The van der Waals surface area contributed by atoms with E-state index in [1.807, 2.05) is 7.11 Å². The van der Waals surface area contributed by atoms with E-state index in [1.165, 1.54) is 38.5 Å². The highest BCUT2D eigenvalue weighted by Crippen LogP contribution is 2.68. The summed E-state index contributed by atoms with van der Waals surface area (Å²) in [6, 6.07) is 0. The summed E-state index contributed by atoms with van der Waals surface area (Å²) in [5, 5.41) is 11.1. The molecule has 4 rings (SSSR count). The molecular formula is C22H34O2. The van der Waals surface area contributed by atoms with Crippen LogP contribution < -0.4 is 0 Å². The molecule has 2 heteroatoms. The highest BCUT2D eigenvalue weighted by atomic mass is 16.5. The molecule has 0 saturated heterocycles. The van der Waals surface area contributed by atoms with Crippen LogP contribution in [0.5, 0.6) is 0 Å². The number of aliphatic hydroxyl groups is 1. The predicted molar refractivity (Wildman–Crippen MR) is 96.3 cm³/mol. The van der Waals surface area contributed by atoms with Crippen molar-refractivity contribution in [2.75, 3.05) is 7.11 Å². The van der Waals surface area contributed by atoms with Gasteiger partial charge in [-0.05, 0) is 86.9 Å². The van der Waals surface area contributed by atoms with E-state index in [4.69, 9.17) is 11.2 Å². The van der Waals surface area contributed by atoms with Crippen LogP contribution in [0.2, 0.25) is 0 Å². The van der Waals surface area contributed by atoms with Crippen molar-refractivity contribution in [2.24, 2.45) is 34.5 Å². The third-order valence-electron chi connectivity index (χ3n) is 9.34. The van der Waals surface area contributed by atoms with E-state index in [2.05, 4.69) is 19.8 Å². The van der Waals surface area contributed by atoms with Crippen molar-refractivity contribution in [3.63, 3.8) is 0 Å². The third-order valence-corrected chi connectivity index (χ3v) is 9.34. The maximum absolute atomic E-state index is 11.1. The first-order valence-electron chi connectivity index (χ1n) is 10.1. The lowest BCUT2D eigenvalue weighted by atomic mass is 9.44. The number of hydrogen-bond acceptors (Lipinski definition) is 2. The number of ether oxygens (including phenoxy) is 1. The van der Waals surface area contributed by atoms with Crippen LogP contribution in [0.25, 0.3) is 0 Å². The highest BCUT2D eigenvalue weighted by molar-refractivity contribution is 5.23. The van der Waals surface area contributed by atoms with E-state index in [0.29, 0.717) is 17.4 Å². The summed E-state index contributed by atoms with van der Waals surface area (Å²) in [7, 11) is 1.88. The summed E-state index contributed by atoms with van der Waals surface area (Å²) >= 11 is 0. The molecule has 0 spiro atoms. The zero-order valence-electron chi connectivity index (χ0n) is 15.7. The van der Waals surface area contributed by atoms with Crippen molar-refractivity contribution in [3.05, 3.63) is 0 Å². The summed E-state index contributed by atoms with van der Waals surface area (Å²) in [6.07, 6.45) is 17.0. The van der Waals surface area contributed by atoms with Gasteiger partial charge in [0.05, 0.1) is 6.10 Å². The van der Waals surface area contributed by atoms with E-state index in [-0.39, 0.29) is 5.41 Å². The van der Waals surface area contributed by atoms with Gasteiger partial charge < -0.3 is 9.84 Å². The standard InChI is InChI=1S/C22H34O2/c1-5-22(23)13-10-19-17-7-6-15-14-16(24-4)8-11-20(15,2)18(17)9-12-21(19,22)3/h1,15-19,23H,6-14H2,2-4H3/t15-,16+,17?,18?,19?,20-,21-,22-/m0/s1. The van der Waals surface area contributed by atoms with Crippen molar-refractivity contribution in [1.82, 2.24) is 0 Å². The largest absolute Gasteiger partial charge is 0.381 e. The normalized spacial score (nSPS) is 56.7. The van der Waals surface area contributed by atoms with Crippen molar-refractivity contribution in [2.45, 2.75) is 83.3 Å². The van der Waals surface area contributed by atoms with Gasteiger partial charge in [0.15, 0.2) is 0 Å². The van der Waals surface area contributed by atoms with Gasteiger partial charge in [-0.15, -0.1) is 6.42 Å². The number of hydrogen-bond donors (Lipinski definition) is 1. The van der Waals surface area contributed by atoms with Gasteiger partial charge in [-0.25, -0.2) is 0 Å². The molecule has 4 aliphatic rings. The Kier molecular flexibility index (Phi) is 3.87. The van der Waals surface area contributed by atoms with Crippen LogP contribution in [0.15, 0.2) is 0 Å². The first-order chi connectivity index (χ1) is 11.4. The van der Waals surface area contributed by atoms with Gasteiger partial charge in [-0.1, -0.05) is 19.8 Å². The summed E-state index contributed by atoms with van der Waals surface area (Å²) in [5.74, 6) is 5.84. The van der Waals surface area contributed by atoms with Gasteiger partial charge in [0, 0.05) is 12.5 Å². The van der Waals surface area contributed by atoms with Crippen molar-refractivity contribution >= 4 is 0 Å². The van der Waals surface area contributed by atoms with E-state index in [1.54, 1.807) is 0 Å². The predicted octanol–water partition coefficient (Wildman–Crippen LogP) is 4.41. The molecule has 4 saturated carbocycles. The first kappa shape index (κ1) is 16.9. The summed E-state index contributed by atoms with van der Waals surface area (Å²) < 4.78 is 5.69. The lowest BCUT2D eigenvalue weighted by Crippen LogP contribution is -2.56. The fraction of sp³-hybridized carbons (Fsp3) is 0.909. The molecule has 0 radical (unpaired) electrons. The quantitative estimate of drug-likeness (QED) is 0.722. The summed E-state index contributed by atoms with van der Waals surface area (Å²) in [6.45, 7) is 4.86. The van der Waals surface area contributed by atoms with Gasteiger partial charge in [0.25, 0.3) is 0 Å². The Morgan fingerprint density at radius 2 is 1.75 bits per heavy atom.